The molecule has 0 saturated heterocycles. The van der Waals surface area contributed by atoms with Crippen LogP contribution in [0.1, 0.15) is 211 Å². The van der Waals surface area contributed by atoms with Crippen molar-refractivity contribution in [3.63, 3.8) is 0 Å². The Morgan fingerprint density at radius 1 is 0.229 bits per heavy atom. The van der Waals surface area contributed by atoms with Crippen molar-refractivity contribution in [2.75, 3.05) is 14.7 Å². The quantitative estimate of drug-likeness (QED) is 0.161. The third kappa shape index (κ3) is 11.7. The SMILES string of the molecule is CC(C)(C)c1cc(N2c3cc(-n4c5ccc(C(C)(C)C)cc5c5cc(C(C)(C)C)ccc54)ccc3B3c4ccc(-n5c6ccc(C(C)(C)C)cc6c6cc(C(C)(C)C)ccc65)cc4N(c4cc(C(C)(C)C)cc(C(C)(C)C)c4)c4cc(N5c6ccccc6Oc6ccccc65)cc2c43)cc(C(C)(C)C)c1. The van der Waals surface area contributed by atoms with Gasteiger partial charge in [-0.2, -0.15) is 0 Å². The Bertz CT molecular complexity index is 5200. The zero-order valence-electron chi connectivity index (χ0n) is 66.9. The molecule has 0 saturated carbocycles. The van der Waals surface area contributed by atoms with Gasteiger partial charge in [-0.15, -0.1) is 0 Å². The molecule has 2 aromatic heterocycles. The first kappa shape index (κ1) is 69.6. The molecule has 3 aliphatic heterocycles. The van der Waals surface area contributed by atoms with E-state index < -0.39 is 0 Å². The van der Waals surface area contributed by atoms with E-state index in [1.165, 1.54) is 105 Å². The van der Waals surface area contributed by atoms with Crippen LogP contribution in [-0.2, 0) is 43.3 Å². The molecule has 13 aromatic rings. The zero-order valence-corrected chi connectivity index (χ0v) is 66.9. The fraction of sp³-hybridized carbons (Fsp3) is 0.327. The fourth-order valence-electron chi connectivity index (χ4n) is 16.6. The second kappa shape index (κ2) is 23.4. The van der Waals surface area contributed by atoms with E-state index >= 15 is 0 Å². The van der Waals surface area contributed by atoms with E-state index in [0.717, 1.165) is 74.1 Å². The van der Waals surface area contributed by atoms with E-state index in [0.29, 0.717) is 0 Å². The summed E-state index contributed by atoms with van der Waals surface area (Å²) in [6.07, 6.45) is 0. The van der Waals surface area contributed by atoms with E-state index in [1.54, 1.807) is 0 Å². The Kier molecular flexibility index (Phi) is 15.5. The Labute approximate surface area is 625 Å². The third-order valence-corrected chi connectivity index (χ3v) is 23.0. The normalized spacial score (nSPS) is 14.3. The van der Waals surface area contributed by atoms with Crippen molar-refractivity contribution in [2.24, 2.45) is 0 Å². The van der Waals surface area contributed by atoms with Gasteiger partial charge in [-0.25, -0.2) is 0 Å². The molecule has 7 heteroatoms. The lowest BCUT2D eigenvalue weighted by atomic mass is 9.33. The van der Waals surface area contributed by atoms with E-state index in [1.807, 2.05) is 0 Å². The van der Waals surface area contributed by atoms with Crippen LogP contribution in [0.3, 0.4) is 0 Å². The summed E-state index contributed by atoms with van der Waals surface area (Å²) in [6.45, 7) is 56.3. The Balaban J connectivity index is 1.08. The topological polar surface area (TPSA) is 28.8 Å². The lowest BCUT2D eigenvalue weighted by Crippen LogP contribution is -2.61. The van der Waals surface area contributed by atoms with Crippen LogP contribution < -0.4 is 35.8 Å². The molecule has 5 heterocycles. The smallest absolute Gasteiger partial charge is 0.252 e. The molecule has 6 nitrogen and oxygen atoms in total. The molecule has 0 spiro atoms. The molecule has 11 aromatic carbocycles. The summed E-state index contributed by atoms with van der Waals surface area (Å²) in [4.78, 5) is 7.84. The van der Waals surface area contributed by atoms with Gasteiger partial charge in [-0.3, -0.25) is 0 Å². The summed E-state index contributed by atoms with van der Waals surface area (Å²) < 4.78 is 12.0. The number of benzene rings is 11. The lowest BCUT2D eigenvalue weighted by Gasteiger charge is -2.46. The average molecular weight is 1380 g/mol. The van der Waals surface area contributed by atoms with Crippen LogP contribution in [0, 0.1) is 0 Å². The van der Waals surface area contributed by atoms with Crippen molar-refractivity contribution in [3.8, 4) is 22.9 Å². The van der Waals surface area contributed by atoms with Crippen molar-refractivity contribution < 1.29 is 4.74 Å². The highest BCUT2D eigenvalue weighted by atomic mass is 16.5. The van der Waals surface area contributed by atoms with Crippen LogP contribution in [0.4, 0.5) is 51.2 Å². The first-order valence-corrected chi connectivity index (χ1v) is 38.3. The van der Waals surface area contributed by atoms with Gasteiger partial charge in [-0.05, 0) is 238 Å². The molecular formula is C98H106BN5O. The molecule has 0 N–H and O–H groups in total. The van der Waals surface area contributed by atoms with Gasteiger partial charge >= 0.3 is 0 Å². The highest BCUT2D eigenvalue weighted by molar-refractivity contribution is 7.00. The van der Waals surface area contributed by atoms with Crippen molar-refractivity contribution >= 4 is 118 Å². The Hall–Kier alpha value is -9.72. The number of para-hydroxylation sites is 4. The Morgan fingerprint density at radius 2 is 0.495 bits per heavy atom. The van der Waals surface area contributed by atoms with Gasteiger partial charge < -0.3 is 28.6 Å². The number of rotatable bonds is 5. The van der Waals surface area contributed by atoms with Crippen LogP contribution in [0.15, 0.2) is 206 Å². The minimum absolute atomic E-state index is 0.0484. The molecule has 0 atom stereocenters. The predicted octanol–water partition coefficient (Wildman–Crippen LogP) is 25.9. The summed E-state index contributed by atoms with van der Waals surface area (Å²) in [6, 6.07) is 81.2. The summed E-state index contributed by atoms with van der Waals surface area (Å²) in [7, 11) is 0. The van der Waals surface area contributed by atoms with Crippen LogP contribution in [0.2, 0.25) is 0 Å². The zero-order chi connectivity index (χ0) is 74.7. The van der Waals surface area contributed by atoms with Crippen molar-refractivity contribution in [2.45, 2.75) is 209 Å². The highest BCUT2D eigenvalue weighted by Crippen LogP contribution is 2.56. The summed E-state index contributed by atoms with van der Waals surface area (Å²) in [5.74, 6) is 1.62. The van der Waals surface area contributed by atoms with E-state index in [-0.39, 0.29) is 50.0 Å². The van der Waals surface area contributed by atoms with Crippen molar-refractivity contribution in [3.05, 3.63) is 251 Å². The molecule has 0 radical (unpaired) electrons. The standard InChI is InChI=1S/C98H106BN5O/c1-91(2,3)59-33-41-78-72(51-59)73-52-60(92(4,5)6)34-42-79(73)100(78)67-37-39-76-84(55-67)103(69-47-63(95(13,14)15)45-64(48-69)96(16,17)18)86-57-71(102-82-29-25-27-31-88(82)105-89-32-28-26-30-83(89)102)58-87-90(86)99(76)77-40-38-68(56-85(77)104(87)70-49-65(97(19,20)21)46-66(50-70)98(22,23)24)101-80-43-35-61(93(7,8)9)53-74(80)75-54-62(94(10,11)12)36-44-81(75)101/h25-58H,1-24H3. The summed E-state index contributed by atoms with van der Waals surface area (Å²) >= 11 is 0. The van der Waals surface area contributed by atoms with Crippen LogP contribution in [-0.4, -0.2) is 15.8 Å². The van der Waals surface area contributed by atoms with Crippen LogP contribution in [0.5, 0.6) is 11.5 Å². The average Bonchev–Trinajstić information content (AvgIpc) is 0.933. The molecule has 105 heavy (non-hydrogen) atoms. The fourth-order valence-corrected chi connectivity index (χ4v) is 16.6. The monoisotopic (exact) mass is 1380 g/mol. The maximum Gasteiger partial charge on any atom is 0.252 e. The van der Waals surface area contributed by atoms with Gasteiger partial charge in [0, 0.05) is 67.0 Å². The number of hydrogen-bond donors (Lipinski definition) is 0. The molecule has 0 fully saturated rings. The maximum absolute atomic E-state index is 6.92. The van der Waals surface area contributed by atoms with Gasteiger partial charge in [0.2, 0.25) is 0 Å². The van der Waals surface area contributed by atoms with Gasteiger partial charge in [-0.1, -0.05) is 239 Å². The van der Waals surface area contributed by atoms with Crippen LogP contribution >= 0.6 is 0 Å². The van der Waals surface area contributed by atoms with E-state index in [4.69, 9.17) is 4.74 Å². The predicted molar refractivity (Wildman–Crippen MR) is 453 cm³/mol. The van der Waals surface area contributed by atoms with Gasteiger partial charge in [0.15, 0.2) is 11.5 Å². The summed E-state index contributed by atoms with van der Waals surface area (Å²) in [5.41, 5.74) is 30.1. The molecule has 3 aliphatic rings. The van der Waals surface area contributed by atoms with Gasteiger partial charge in [0.25, 0.3) is 6.71 Å². The van der Waals surface area contributed by atoms with E-state index in [9.17, 15) is 0 Å². The number of aromatic nitrogens is 2. The maximum atomic E-state index is 6.92. The molecule has 532 valence electrons. The van der Waals surface area contributed by atoms with Crippen molar-refractivity contribution in [1.29, 1.82) is 0 Å². The second-order valence-electron chi connectivity index (χ2n) is 39.0. The number of ether oxygens (including phenoxy) is 1. The summed E-state index contributed by atoms with van der Waals surface area (Å²) in [5, 5.41) is 5.08. The lowest BCUT2D eigenvalue weighted by molar-refractivity contribution is 0.477. The Morgan fingerprint density at radius 3 is 0.790 bits per heavy atom. The molecule has 0 unspecified atom stereocenters. The number of fused-ring (bicyclic) bond motifs is 12. The first-order valence-electron chi connectivity index (χ1n) is 38.3. The molecule has 16 rings (SSSR count). The molecule has 0 aliphatic carbocycles. The second-order valence-corrected chi connectivity index (χ2v) is 39.0. The number of anilines is 9. The molecule has 0 amide bonds. The third-order valence-electron chi connectivity index (χ3n) is 23.0. The minimum Gasteiger partial charge on any atom is -0.453 e. The number of nitrogens with zero attached hydrogens (tertiary/aromatic N) is 5. The first-order chi connectivity index (χ1) is 49.1. The van der Waals surface area contributed by atoms with Crippen molar-refractivity contribution in [1.82, 2.24) is 9.13 Å². The largest absolute Gasteiger partial charge is 0.453 e. The molecular weight excluding hydrogens is 1270 g/mol. The highest BCUT2D eigenvalue weighted by Gasteiger charge is 2.46. The molecule has 0 bridgehead atoms. The van der Waals surface area contributed by atoms with Gasteiger partial charge in [0.1, 0.15) is 0 Å². The minimum atomic E-state index is -0.224. The van der Waals surface area contributed by atoms with Gasteiger partial charge in [0.05, 0.1) is 39.1 Å². The van der Waals surface area contributed by atoms with Crippen LogP contribution in [0.25, 0.3) is 55.0 Å². The number of hydrogen-bond acceptors (Lipinski definition) is 4. The van der Waals surface area contributed by atoms with E-state index in [2.05, 4.69) is 396 Å².